The van der Waals surface area contributed by atoms with Crippen LogP contribution in [0.15, 0.2) is 60.7 Å². The molecule has 0 fully saturated rings. The number of ether oxygens (including phenoxy) is 1. The smallest absolute Gasteiger partial charge is 0.339 e. The third kappa shape index (κ3) is 7.64. The van der Waals surface area contributed by atoms with Crippen molar-refractivity contribution in [3.63, 3.8) is 0 Å². The van der Waals surface area contributed by atoms with E-state index in [1.807, 2.05) is 60.7 Å². The molecule has 0 aromatic heterocycles. The summed E-state index contributed by atoms with van der Waals surface area (Å²) in [5.41, 5.74) is 1.04. The van der Waals surface area contributed by atoms with Gasteiger partial charge >= 0.3 is 7.60 Å². The monoisotopic (exact) mass is 425 g/mol. The van der Waals surface area contributed by atoms with Crippen LogP contribution < -0.4 is 4.74 Å². The molecule has 2 atom stereocenters. The van der Waals surface area contributed by atoms with Gasteiger partial charge in [-0.3, -0.25) is 4.57 Å². The average Bonchev–Trinajstić information content (AvgIpc) is 2.62. The van der Waals surface area contributed by atoms with Gasteiger partial charge in [0.15, 0.2) is 0 Å². The Labute approximate surface area is 169 Å². The van der Waals surface area contributed by atoms with E-state index in [-0.39, 0.29) is 6.42 Å². The fourth-order valence-corrected chi connectivity index (χ4v) is 5.12. The Kier molecular flexibility index (Phi) is 8.32. The van der Waals surface area contributed by atoms with E-state index in [0.717, 1.165) is 17.3 Å². The normalized spacial score (nSPS) is 13.6. The number of hydrogen-bond acceptors (Lipinski definition) is 4. The zero-order valence-corrected chi connectivity index (χ0v) is 17.8. The van der Waals surface area contributed by atoms with Crippen molar-refractivity contribution in [1.29, 1.82) is 0 Å². The topological polar surface area (TPSA) is 70.0 Å². The largest absolute Gasteiger partial charge is 0.490 e. The van der Waals surface area contributed by atoms with E-state index >= 15 is 0 Å². The molecule has 0 bridgehead atoms. The standard InChI is InChI=1S/C19H24NO4PS2/c1-20(2)19(26)27-18(25(21,22)23)14-17(13-15-9-5-3-6-10-15)24-16-11-7-4-8-12-16/h3-12,17-18H,13-14H2,1-2H3,(H2,21,22,23)/t17?,18-/m1/s1. The van der Waals surface area contributed by atoms with Crippen molar-refractivity contribution < 1.29 is 19.1 Å². The first-order valence-corrected chi connectivity index (χ1v) is 11.4. The van der Waals surface area contributed by atoms with Crippen LogP contribution in [0.25, 0.3) is 0 Å². The maximum atomic E-state index is 12.1. The molecule has 0 aliphatic carbocycles. The van der Waals surface area contributed by atoms with Gasteiger partial charge in [0, 0.05) is 26.9 Å². The Bertz CT molecular complexity index is 726. The average molecular weight is 426 g/mol. The lowest BCUT2D eigenvalue weighted by atomic mass is 10.1. The molecule has 2 aromatic carbocycles. The Morgan fingerprint density at radius 1 is 1.11 bits per heavy atom. The van der Waals surface area contributed by atoms with Crippen LogP contribution in [0.3, 0.4) is 0 Å². The van der Waals surface area contributed by atoms with Crippen molar-refractivity contribution in [3.8, 4) is 5.75 Å². The van der Waals surface area contributed by atoms with E-state index in [4.69, 9.17) is 17.0 Å². The zero-order chi connectivity index (χ0) is 19.9. The quantitative estimate of drug-likeness (QED) is 0.486. The summed E-state index contributed by atoms with van der Waals surface area (Å²) in [7, 11) is -0.848. The fraction of sp³-hybridized carbons (Fsp3) is 0.316. The van der Waals surface area contributed by atoms with Gasteiger partial charge in [-0.05, 0) is 17.7 Å². The minimum absolute atomic E-state index is 0.173. The number of thioether (sulfide) groups is 1. The molecule has 1 unspecified atom stereocenters. The molecule has 146 valence electrons. The van der Waals surface area contributed by atoms with E-state index in [2.05, 4.69) is 0 Å². The highest BCUT2D eigenvalue weighted by Crippen LogP contribution is 2.50. The number of rotatable bonds is 8. The number of benzene rings is 2. The minimum atomic E-state index is -4.36. The molecule has 0 aliphatic heterocycles. The lowest BCUT2D eigenvalue weighted by Crippen LogP contribution is -2.27. The molecule has 0 heterocycles. The molecule has 2 N–H and O–H groups in total. The molecule has 2 rings (SSSR count). The maximum Gasteiger partial charge on any atom is 0.339 e. The summed E-state index contributed by atoms with van der Waals surface area (Å²) in [5.74, 6) is 0.670. The van der Waals surface area contributed by atoms with Crippen molar-refractivity contribution in [2.45, 2.75) is 23.9 Å². The fourth-order valence-electron chi connectivity index (χ4n) is 2.44. The summed E-state index contributed by atoms with van der Waals surface area (Å²) in [6, 6.07) is 19.1. The summed E-state index contributed by atoms with van der Waals surface area (Å²) >= 11 is 6.26. The first kappa shape index (κ1) is 21.9. The van der Waals surface area contributed by atoms with Gasteiger partial charge in [-0.2, -0.15) is 0 Å². The number of para-hydroxylation sites is 1. The van der Waals surface area contributed by atoms with Gasteiger partial charge in [0.05, 0.1) is 0 Å². The van der Waals surface area contributed by atoms with Crippen LogP contribution in [0.2, 0.25) is 0 Å². The second kappa shape index (κ2) is 10.2. The van der Waals surface area contributed by atoms with Crippen LogP contribution in [0, 0.1) is 0 Å². The number of hydrogen-bond donors (Lipinski definition) is 2. The summed E-state index contributed by atoms with van der Waals surface area (Å²) < 4.78 is 18.6. The van der Waals surface area contributed by atoms with Crippen LogP contribution in [0.5, 0.6) is 5.75 Å². The van der Waals surface area contributed by atoms with E-state index in [9.17, 15) is 14.4 Å². The van der Waals surface area contributed by atoms with E-state index in [0.29, 0.717) is 16.5 Å². The second-order valence-corrected chi connectivity index (χ2v) is 10.3. The summed E-state index contributed by atoms with van der Waals surface area (Å²) in [6.45, 7) is 0. The molecule has 0 aliphatic rings. The minimum Gasteiger partial charge on any atom is -0.490 e. The summed E-state index contributed by atoms with van der Waals surface area (Å²) in [5, 5.41) is 0. The lowest BCUT2D eigenvalue weighted by molar-refractivity contribution is 0.192. The number of nitrogens with zero attached hydrogens (tertiary/aromatic N) is 1. The van der Waals surface area contributed by atoms with Crippen molar-refractivity contribution in [1.82, 2.24) is 4.90 Å². The van der Waals surface area contributed by atoms with Gasteiger partial charge in [-0.1, -0.05) is 72.5 Å². The highest BCUT2D eigenvalue weighted by Gasteiger charge is 2.34. The number of thiocarbonyl (C=S) groups is 1. The maximum absolute atomic E-state index is 12.1. The molecular formula is C19H24NO4PS2. The van der Waals surface area contributed by atoms with Gasteiger partial charge in [-0.25, -0.2) is 0 Å². The Hall–Kier alpha value is -1.37. The van der Waals surface area contributed by atoms with Crippen molar-refractivity contribution in [3.05, 3.63) is 66.2 Å². The van der Waals surface area contributed by atoms with Crippen LogP contribution >= 0.6 is 31.6 Å². The Morgan fingerprint density at radius 2 is 1.67 bits per heavy atom. The molecule has 2 aromatic rings. The Balaban J connectivity index is 2.21. The summed E-state index contributed by atoms with van der Waals surface area (Å²) in [4.78, 5) is 20.4. The van der Waals surface area contributed by atoms with E-state index in [1.165, 1.54) is 0 Å². The van der Waals surface area contributed by atoms with Crippen molar-refractivity contribution in [2.75, 3.05) is 14.1 Å². The molecule has 27 heavy (non-hydrogen) atoms. The Morgan fingerprint density at radius 3 is 2.19 bits per heavy atom. The van der Waals surface area contributed by atoms with Gasteiger partial charge in [0.2, 0.25) is 0 Å². The molecule has 0 radical (unpaired) electrons. The van der Waals surface area contributed by atoms with E-state index in [1.54, 1.807) is 19.0 Å². The van der Waals surface area contributed by atoms with Crippen LogP contribution in [-0.4, -0.2) is 44.2 Å². The molecule has 0 spiro atoms. The van der Waals surface area contributed by atoms with Crippen molar-refractivity contribution >= 4 is 35.9 Å². The van der Waals surface area contributed by atoms with E-state index < -0.39 is 18.7 Å². The first-order chi connectivity index (χ1) is 12.8. The molecule has 0 saturated heterocycles. The first-order valence-electron chi connectivity index (χ1n) is 8.44. The highest BCUT2D eigenvalue weighted by molar-refractivity contribution is 8.25. The van der Waals surface area contributed by atoms with Gasteiger partial charge < -0.3 is 19.4 Å². The van der Waals surface area contributed by atoms with Crippen LogP contribution in [-0.2, 0) is 11.0 Å². The molecule has 8 heteroatoms. The third-order valence-corrected chi connectivity index (χ3v) is 7.58. The molecule has 0 saturated carbocycles. The predicted octanol–water partition coefficient (Wildman–Crippen LogP) is 4.15. The van der Waals surface area contributed by atoms with Crippen LogP contribution in [0.4, 0.5) is 0 Å². The molecule has 0 amide bonds. The van der Waals surface area contributed by atoms with Gasteiger partial charge in [0.1, 0.15) is 21.2 Å². The second-order valence-electron chi connectivity index (χ2n) is 6.30. The predicted molar refractivity (Wildman–Crippen MR) is 115 cm³/mol. The molecule has 5 nitrogen and oxygen atoms in total. The zero-order valence-electron chi connectivity index (χ0n) is 15.3. The SMILES string of the molecule is CN(C)C(=S)S[C@H](CC(Cc1ccccc1)Oc1ccccc1)P(=O)(O)O. The van der Waals surface area contributed by atoms with Gasteiger partial charge in [-0.15, -0.1) is 0 Å². The lowest BCUT2D eigenvalue weighted by Gasteiger charge is -2.26. The molecular weight excluding hydrogens is 401 g/mol. The van der Waals surface area contributed by atoms with Crippen LogP contribution in [0.1, 0.15) is 12.0 Å². The third-order valence-electron chi connectivity index (χ3n) is 3.79. The highest BCUT2D eigenvalue weighted by atomic mass is 32.2. The van der Waals surface area contributed by atoms with Gasteiger partial charge in [0.25, 0.3) is 0 Å². The summed E-state index contributed by atoms with van der Waals surface area (Å²) in [6.07, 6.45) is 0.318. The van der Waals surface area contributed by atoms with Crippen molar-refractivity contribution in [2.24, 2.45) is 0 Å².